The van der Waals surface area contributed by atoms with Crippen LogP contribution in [0.3, 0.4) is 0 Å². The molecule has 0 spiro atoms. The number of hydrogen-bond donors (Lipinski definition) is 4. The first-order chi connectivity index (χ1) is 7.30. The first-order valence-electron chi connectivity index (χ1n) is 4.27. The number of carbonyl (C=O) groups excluding carboxylic acids is 1. The first kappa shape index (κ1) is 12.4. The Morgan fingerprint density at radius 3 is 2.69 bits per heavy atom. The number of alkyl halides is 3. The van der Waals surface area contributed by atoms with Gasteiger partial charge in [-0.25, -0.2) is 0 Å². The Hall–Kier alpha value is -1.70. The summed E-state index contributed by atoms with van der Waals surface area (Å²) in [5, 5.41) is 10.5. The number of hydrogen-bond acceptors (Lipinski definition) is 3. The fraction of sp³-hybridized carbons (Fsp3) is 0.375. The third-order valence-corrected chi connectivity index (χ3v) is 1.78. The third-order valence-electron chi connectivity index (χ3n) is 1.78. The zero-order valence-corrected chi connectivity index (χ0v) is 8.01. The molecular weight excluding hydrogens is 227 g/mol. The lowest BCUT2D eigenvalue weighted by Gasteiger charge is -2.14. The number of aliphatic hydroxyl groups is 1. The lowest BCUT2D eigenvalue weighted by atomic mass is 10.3. The van der Waals surface area contributed by atoms with Gasteiger partial charge in [-0.3, -0.25) is 4.79 Å². The Bertz CT molecular complexity index is 375. The number of carbonyl (C=O) groups is 1. The van der Waals surface area contributed by atoms with Gasteiger partial charge >= 0.3 is 6.18 Å². The van der Waals surface area contributed by atoms with Gasteiger partial charge in [-0.15, -0.1) is 0 Å². The zero-order valence-electron chi connectivity index (χ0n) is 8.01. The van der Waals surface area contributed by atoms with Crippen molar-refractivity contribution in [2.45, 2.75) is 12.3 Å². The van der Waals surface area contributed by atoms with E-state index in [1.165, 1.54) is 12.3 Å². The van der Waals surface area contributed by atoms with Crippen molar-refractivity contribution in [1.29, 1.82) is 0 Å². The number of H-pyrrole nitrogens is 1. The molecule has 1 rings (SSSR count). The molecule has 5 N–H and O–H groups in total. The number of amides is 1. The zero-order chi connectivity index (χ0) is 12.3. The van der Waals surface area contributed by atoms with Crippen LogP contribution in [-0.2, 0) is 0 Å². The molecule has 0 aliphatic heterocycles. The Morgan fingerprint density at radius 2 is 2.25 bits per heavy atom. The number of aromatic amines is 1. The molecule has 1 amide bonds. The third kappa shape index (κ3) is 3.16. The summed E-state index contributed by atoms with van der Waals surface area (Å²) in [7, 11) is 0. The fourth-order valence-corrected chi connectivity index (χ4v) is 0.943. The second-order valence-corrected chi connectivity index (χ2v) is 3.11. The number of nitrogen functional groups attached to an aromatic ring is 1. The van der Waals surface area contributed by atoms with Gasteiger partial charge in [-0.05, 0) is 6.07 Å². The van der Waals surface area contributed by atoms with Crippen LogP contribution in [0.2, 0.25) is 0 Å². The molecule has 1 aromatic rings. The molecule has 0 aliphatic rings. The quantitative estimate of drug-likeness (QED) is 0.607. The van der Waals surface area contributed by atoms with E-state index in [1.807, 2.05) is 5.32 Å². The van der Waals surface area contributed by atoms with Crippen LogP contribution >= 0.6 is 0 Å². The highest BCUT2D eigenvalue weighted by atomic mass is 19.4. The molecule has 0 saturated carbocycles. The van der Waals surface area contributed by atoms with E-state index in [0.29, 0.717) is 5.69 Å². The molecule has 1 aromatic heterocycles. The molecule has 0 fully saturated rings. The highest BCUT2D eigenvalue weighted by Crippen LogP contribution is 2.19. The molecule has 0 aromatic carbocycles. The molecule has 0 aliphatic carbocycles. The smallest absolute Gasteiger partial charge is 0.397 e. The molecule has 0 radical (unpaired) electrons. The maximum Gasteiger partial charge on any atom is 0.416 e. The Labute approximate surface area is 88.4 Å². The number of aliphatic hydroxyl groups excluding tert-OH is 1. The van der Waals surface area contributed by atoms with E-state index in [4.69, 9.17) is 10.8 Å². The van der Waals surface area contributed by atoms with Crippen molar-refractivity contribution >= 4 is 11.6 Å². The lowest BCUT2D eigenvalue weighted by molar-refractivity contribution is -0.201. The van der Waals surface area contributed by atoms with E-state index in [9.17, 15) is 18.0 Å². The Kier molecular flexibility index (Phi) is 3.43. The van der Waals surface area contributed by atoms with Crippen molar-refractivity contribution < 1.29 is 23.1 Å². The first-order valence-corrected chi connectivity index (χ1v) is 4.27. The monoisotopic (exact) mass is 237 g/mol. The molecule has 16 heavy (non-hydrogen) atoms. The number of nitrogens with one attached hydrogen (secondary N) is 2. The molecule has 90 valence electrons. The second kappa shape index (κ2) is 4.44. The molecule has 8 heteroatoms. The SMILES string of the molecule is Nc1c[nH]c(C(=O)NCC(O)C(F)(F)F)c1. The summed E-state index contributed by atoms with van der Waals surface area (Å²) in [5.41, 5.74) is 5.63. The summed E-state index contributed by atoms with van der Waals surface area (Å²) in [6.45, 7) is -0.902. The van der Waals surface area contributed by atoms with Crippen LogP contribution in [0, 0.1) is 0 Å². The summed E-state index contributed by atoms with van der Waals surface area (Å²) >= 11 is 0. The van der Waals surface area contributed by atoms with Gasteiger partial charge in [0.2, 0.25) is 0 Å². The van der Waals surface area contributed by atoms with Crippen molar-refractivity contribution in [2.75, 3.05) is 12.3 Å². The van der Waals surface area contributed by atoms with E-state index in [-0.39, 0.29) is 5.69 Å². The highest BCUT2D eigenvalue weighted by molar-refractivity contribution is 5.93. The maximum atomic E-state index is 11.9. The van der Waals surface area contributed by atoms with Crippen molar-refractivity contribution in [2.24, 2.45) is 0 Å². The summed E-state index contributed by atoms with van der Waals surface area (Å²) in [4.78, 5) is 13.7. The van der Waals surface area contributed by atoms with E-state index >= 15 is 0 Å². The van der Waals surface area contributed by atoms with Gasteiger partial charge in [0.05, 0.1) is 6.54 Å². The lowest BCUT2D eigenvalue weighted by Crippen LogP contribution is -2.40. The second-order valence-electron chi connectivity index (χ2n) is 3.11. The summed E-state index contributed by atoms with van der Waals surface area (Å²) in [5.74, 6) is -0.764. The van der Waals surface area contributed by atoms with Crippen LogP contribution < -0.4 is 11.1 Å². The van der Waals surface area contributed by atoms with Crippen LogP contribution in [0.25, 0.3) is 0 Å². The average Bonchev–Trinajstić information content (AvgIpc) is 2.59. The van der Waals surface area contributed by atoms with Gasteiger partial charge in [0, 0.05) is 11.9 Å². The van der Waals surface area contributed by atoms with Crippen molar-refractivity contribution in [1.82, 2.24) is 10.3 Å². The molecular formula is C8H10F3N3O2. The minimum atomic E-state index is -4.75. The van der Waals surface area contributed by atoms with Crippen LogP contribution in [0.1, 0.15) is 10.5 Å². The van der Waals surface area contributed by atoms with Gasteiger partial charge in [0.15, 0.2) is 6.10 Å². The molecule has 5 nitrogen and oxygen atoms in total. The van der Waals surface area contributed by atoms with Crippen molar-refractivity contribution in [3.05, 3.63) is 18.0 Å². The van der Waals surface area contributed by atoms with Gasteiger partial charge < -0.3 is 21.1 Å². The molecule has 0 bridgehead atoms. The summed E-state index contributed by atoms with van der Waals surface area (Å²) in [6.07, 6.45) is -6.00. The van der Waals surface area contributed by atoms with Crippen LogP contribution in [-0.4, -0.2) is 34.8 Å². The highest BCUT2D eigenvalue weighted by Gasteiger charge is 2.38. The predicted molar refractivity (Wildman–Crippen MR) is 49.6 cm³/mol. The Morgan fingerprint density at radius 1 is 1.62 bits per heavy atom. The summed E-state index contributed by atoms with van der Waals surface area (Å²) in [6, 6.07) is 1.27. The van der Waals surface area contributed by atoms with Crippen molar-refractivity contribution in [3.63, 3.8) is 0 Å². The van der Waals surface area contributed by atoms with E-state index in [1.54, 1.807) is 0 Å². The van der Waals surface area contributed by atoms with Crippen LogP contribution in [0.15, 0.2) is 12.3 Å². The minimum absolute atomic E-state index is 0.0341. The molecule has 0 saturated heterocycles. The Balaban J connectivity index is 2.48. The van der Waals surface area contributed by atoms with Gasteiger partial charge in [-0.2, -0.15) is 13.2 Å². The normalized spacial score (nSPS) is 13.5. The van der Waals surface area contributed by atoms with Crippen LogP contribution in [0.4, 0.5) is 18.9 Å². The number of anilines is 1. The minimum Gasteiger partial charge on any atom is -0.397 e. The number of nitrogens with two attached hydrogens (primary N) is 1. The number of rotatable bonds is 3. The largest absolute Gasteiger partial charge is 0.416 e. The van der Waals surface area contributed by atoms with E-state index < -0.39 is 24.7 Å². The number of aromatic nitrogens is 1. The van der Waals surface area contributed by atoms with Gasteiger partial charge in [0.25, 0.3) is 5.91 Å². The molecule has 1 unspecified atom stereocenters. The van der Waals surface area contributed by atoms with Crippen molar-refractivity contribution in [3.8, 4) is 0 Å². The molecule has 1 heterocycles. The molecule has 1 atom stereocenters. The van der Waals surface area contributed by atoms with E-state index in [0.717, 1.165) is 0 Å². The average molecular weight is 237 g/mol. The van der Waals surface area contributed by atoms with Gasteiger partial charge in [0.1, 0.15) is 5.69 Å². The van der Waals surface area contributed by atoms with Gasteiger partial charge in [-0.1, -0.05) is 0 Å². The summed E-state index contributed by atoms with van der Waals surface area (Å²) < 4.78 is 35.6. The topological polar surface area (TPSA) is 91.1 Å². The van der Waals surface area contributed by atoms with Crippen LogP contribution in [0.5, 0.6) is 0 Å². The number of halogens is 3. The standard InChI is InChI=1S/C8H10F3N3O2/c9-8(10,11)6(15)3-14-7(16)5-1-4(12)2-13-5/h1-2,6,13,15H,3,12H2,(H,14,16). The maximum absolute atomic E-state index is 11.9. The predicted octanol–water partition coefficient (Wildman–Crippen LogP) is 0.250. The fourth-order valence-electron chi connectivity index (χ4n) is 0.943. The van der Waals surface area contributed by atoms with E-state index in [2.05, 4.69) is 4.98 Å².